The molecule has 1 aromatic rings. The highest BCUT2D eigenvalue weighted by atomic mass is 32.2. The Morgan fingerprint density at radius 1 is 1.08 bits per heavy atom. The van der Waals surface area contributed by atoms with Gasteiger partial charge < -0.3 is 4.43 Å². The fourth-order valence-electron chi connectivity index (χ4n) is 3.24. The van der Waals surface area contributed by atoms with E-state index in [1.807, 2.05) is 12.1 Å². The Bertz CT molecular complexity index is 801. The molecular weight excluding hydrogens is 348 g/mol. The summed E-state index contributed by atoms with van der Waals surface area (Å²) in [4.78, 5) is 0.390. The van der Waals surface area contributed by atoms with E-state index < -0.39 is 23.4 Å². The van der Waals surface area contributed by atoms with Crippen LogP contribution in [-0.4, -0.2) is 22.0 Å². The van der Waals surface area contributed by atoms with Crippen molar-refractivity contribution in [3.8, 4) is 0 Å². The van der Waals surface area contributed by atoms with Crippen LogP contribution in [0.15, 0.2) is 59.2 Å². The number of hydrogen-bond donors (Lipinski definition) is 0. The van der Waals surface area contributed by atoms with Gasteiger partial charge in [0, 0.05) is 5.92 Å². The Morgan fingerprint density at radius 3 is 2.32 bits per heavy atom. The van der Waals surface area contributed by atoms with Crippen LogP contribution in [0.3, 0.4) is 0 Å². The van der Waals surface area contributed by atoms with Gasteiger partial charge in [-0.05, 0) is 48.7 Å². The zero-order valence-corrected chi connectivity index (χ0v) is 17.5. The Labute approximate surface area is 152 Å². The molecule has 2 aliphatic carbocycles. The maximum Gasteiger partial charge on any atom is 0.250 e. The van der Waals surface area contributed by atoms with Crippen molar-refractivity contribution < 1.29 is 12.8 Å². The number of benzene rings is 1. The third kappa shape index (κ3) is 3.36. The third-order valence-electron chi connectivity index (χ3n) is 5.84. The third-order valence-corrected chi connectivity index (χ3v) is 12.3. The highest BCUT2D eigenvalue weighted by Crippen LogP contribution is 2.45. The molecule has 0 spiro atoms. The van der Waals surface area contributed by atoms with Crippen LogP contribution in [-0.2, 0) is 14.3 Å². The van der Waals surface area contributed by atoms with Crippen LogP contribution in [0, 0.1) is 11.8 Å². The first kappa shape index (κ1) is 18.5. The van der Waals surface area contributed by atoms with Crippen molar-refractivity contribution in [1.29, 1.82) is 0 Å². The van der Waals surface area contributed by atoms with Gasteiger partial charge in [-0.2, -0.15) is 0 Å². The van der Waals surface area contributed by atoms with Gasteiger partial charge in [-0.25, -0.2) is 8.42 Å². The Hall–Kier alpha value is -1.33. The highest BCUT2D eigenvalue weighted by Gasteiger charge is 2.45. The molecule has 0 N–H and O–H groups in total. The Balaban J connectivity index is 1.97. The van der Waals surface area contributed by atoms with Crippen molar-refractivity contribution in [1.82, 2.24) is 0 Å². The summed E-state index contributed by atoms with van der Waals surface area (Å²) in [5.74, 6) is 1.13. The van der Waals surface area contributed by atoms with Crippen LogP contribution < -0.4 is 0 Å². The summed E-state index contributed by atoms with van der Waals surface area (Å²) in [5, 5.41) is -0.453. The van der Waals surface area contributed by atoms with Gasteiger partial charge in [-0.15, -0.1) is 0 Å². The van der Waals surface area contributed by atoms with E-state index in [0.29, 0.717) is 4.90 Å². The lowest BCUT2D eigenvalue weighted by Crippen LogP contribution is -2.42. The second kappa shape index (κ2) is 6.13. The van der Waals surface area contributed by atoms with Gasteiger partial charge in [-0.1, -0.05) is 51.1 Å². The van der Waals surface area contributed by atoms with Gasteiger partial charge in [0.2, 0.25) is 8.32 Å². The van der Waals surface area contributed by atoms with E-state index >= 15 is 0 Å². The van der Waals surface area contributed by atoms with Crippen LogP contribution in [0.5, 0.6) is 0 Å². The summed E-state index contributed by atoms with van der Waals surface area (Å²) < 4.78 is 32.8. The first-order valence-corrected chi connectivity index (χ1v) is 13.4. The second-order valence-electron chi connectivity index (χ2n) is 8.65. The lowest BCUT2D eigenvalue weighted by Gasteiger charge is -2.40. The van der Waals surface area contributed by atoms with E-state index in [1.165, 1.54) is 0 Å². The van der Waals surface area contributed by atoms with Gasteiger partial charge in [-0.3, -0.25) is 0 Å². The first-order valence-electron chi connectivity index (χ1n) is 8.90. The molecular formula is C20H28O3SSi. The molecule has 25 heavy (non-hydrogen) atoms. The first-order chi connectivity index (χ1) is 11.5. The van der Waals surface area contributed by atoms with E-state index in [1.54, 1.807) is 24.3 Å². The maximum absolute atomic E-state index is 13.2. The number of sulfone groups is 1. The zero-order chi connectivity index (χ0) is 18.5. The smallest absolute Gasteiger partial charge is 0.250 e. The van der Waals surface area contributed by atoms with E-state index in [2.05, 4.69) is 46.0 Å². The minimum atomic E-state index is -3.41. The predicted octanol–water partition coefficient (Wildman–Crippen LogP) is 4.94. The Kier molecular flexibility index (Phi) is 4.53. The monoisotopic (exact) mass is 376 g/mol. The van der Waals surface area contributed by atoms with Crippen molar-refractivity contribution >= 4 is 18.2 Å². The van der Waals surface area contributed by atoms with E-state index in [9.17, 15) is 8.42 Å². The fraction of sp³-hybridized carbons (Fsp3) is 0.500. The highest BCUT2D eigenvalue weighted by molar-refractivity contribution is 7.92. The minimum absolute atomic E-state index is 0.0435. The van der Waals surface area contributed by atoms with Crippen LogP contribution in [0.1, 0.15) is 27.2 Å². The molecule has 0 amide bonds. The van der Waals surface area contributed by atoms with Crippen LogP contribution in [0.25, 0.3) is 0 Å². The molecule has 0 aromatic heterocycles. The largest absolute Gasteiger partial charge is 0.546 e. The van der Waals surface area contributed by atoms with Gasteiger partial charge in [0.05, 0.1) is 15.9 Å². The van der Waals surface area contributed by atoms with E-state index in [-0.39, 0.29) is 16.9 Å². The second-order valence-corrected chi connectivity index (χ2v) is 15.5. The van der Waals surface area contributed by atoms with Gasteiger partial charge in [0.15, 0.2) is 9.84 Å². The molecule has 1 aromatic carbocycles. The lowest BCUT2D eigenvalue weighted by molar-refractivity contribution is 0.315. The maximum atomic E-state index is 13.2. The zero-order valence-electron chi connectivity index (χ0n) is 15.7. The molecule has 0 saturated carbocycles. The average molecular weight is 377 g/mol. The summed E-state index contributed by atoms with van der Waals surface area (Å²) >= 11 is 0. The molecule has 0 radical (unpaired) electrons. The summed E-state index contributed by atoms with van der Waals surface area (Å²) in [6.45, 7) is 11.0. The van der Waals surface area contributed by atoms with Crippen LogP contribution >= 0.6 is 0 Å². The molecule has 2 aliphatic rings. The SMILES string of the molecule is CC(C)(C)[Si](C)(C)OC1=CC(S(=O)(=O)c2ccccc2)[C@H]2C=C[C@@H]1C2. The number of rotatable bonds is 4. The van der Waals surface area contributed by atoms with Gasteiger partial charge in [0.1, 0.15) is 0 Å². The molecule has 3 nitrogen and oxygen atoms in total. The molecule has 0 saturated heterocycles. The summed E-state index contributed by atoms with van der Waals surface area (Å²) in [7, 11) is -5.41. The molecule has 3 rings (SSSR count). The summed E-state index contributed by atoms with van der Waals surface area (Å²) in [5.41, 5.74) is 0. The van der Waals surface area contributed by atoms with Crippen molar-refractivity contribution in [2.24, 2.45) is 11.8 Å². The van der Waals surface area contributed by atoms with Crippen molar-refractivity contribution in [2.45, 2.75) is 55.5 Å². The van der Waals surface area contributed by atoms with Crippen molar-refractivity contribution in [2.75, 3.05) is 0 Å². The molecule has 0 aliphatic heterocycles. The van der Waals surface area contributed by atoms with Crippen LogP contribution in [0.2, 0.25) is 18.1 Å². The lowest BCUT2D eigenvalue weighted by atomic mass is 9.92. The van der Waals surface area contributed by atoms with Crippen LogP contribution in [0.4, 0.5) is 0 Å². The van der Waals surface area contributed by atoms with Crippen molar-refractivity contribution in [3.63, 3.8) is 0 Å². The summed E-state index contributed by atoms with van der Waals surface area (Å²) in [6.07, 6.45) is 6.91. The molecule has 3 atom stereocenters. The number of allylic oxidation sites excluding steroid dienone is 2. The normalized spacial score (nSPS) is 26.4. The topological polar surface area (TPSA) is 43.4 Å². The van der Waals surface area contributed by atoms with Crippen molar-refractivity contribution in [3.05, 3.63) is 54.3 Å². The number of fused-ring (bicyclic) bond motifs is 2. The predicted molar refractivity (Wildman–Crippen MR) is 105 cm³/mol. The molecule has 5 heteroatoms. The molecule has 1 unspecified atom stereocenters. The number of hydrogen-bond acceptors (Lipinski definition) is 3. The molecule has 2 bridgehead atoms. The standard InChI is InChI=1S/C20H28O3SSi/c1-20(2,3)25(4,5)23-18-14-19(16-12-11-15(18)13-16)24(21,22)17-9-7-6-8-10-17/h6-12,14-16,19H,13H2,1-5H3/t15-,16+,19?/m1/s1. The average Bonchev–Trinajstić information content (AvgIpc) is 2.94. The van der Waals surface area contributed by atoms with E-state index in [4.69, 9.17) is 4.43 Å². The summed E-state index contributed by atoms with van der Waals surface area (Å²) in [6, 6.07) is 8.76. The molecule has 0 fully saturated rings. The Morgan fingerprint density at radius 2 is 1.72 bits per heavy atom. The molecule has 136 valence electrons. The fourth-order valence-corrected chi connectivity index (χ4v) is 6.18. The minimum Gasteiger partial charge on any atom is -0.546 e. The van der Waals surface area contributed by atoms with Gasteiger partial charge in [0.25, 0.3) is 0 Å². The quantitative estimate of drug-likeness (QED) is 0.552. The van der Waals surface area contributed by atoms with E-state index in [0.717, 1.165) is 12.2 Å². The molecule has 0 heterocycles. The van der Waals surface area contributed by atoms with Gasteiger partial charge >= 0.3 is 0 Å².